The number of hydrogen-bond donors (Lipinski definition) is 1. The predicted octanol–water partition coefficient (Wildman–Crippen LogP) is 0.570. The van der Waals surface area contributed by atoms with Gasteiger partial charge in [0.05, 0.1) is 11.5 Å². The summed E-state index contributed by atoms with van der Waals surface area (Å²) in [5.41, 5.74) is 0. The molecule has 0 aliphatic carbocycles. The van der Waals surface area contributed by atoms with Crippen LogP contribution in [-0.2, 0) is 19.9 Å². The molecule has 0 fully saturated rings. The summed E-state index contributed by atoms with van der Waals surface area (Å²) in [6.45, 7) is 0. The molecule has 1 aromatic rings. The molecule has 18 heavy (non-hydrogen) atoms. The highest BCUT2D eigenvalue weighted by molar-refractivity contribution is 7.95. The van der Waals surface area contributed by atoms with Gasteiger partial charge in [0.2, 0.25) is 15.3 Å². The van der Waals surface area contributed by atoms with Gasteiger partial charge in [0.1, 0.15) is 20.8 Å². The van der Waals surface area contributed by atoms with Crippen LogP contribution in [0.2, 0.25) is 10.4 Å². The van der Waals surface area contributed by atoms with Crippen LogP contribution < -0.4 is 4.72 Å². The lowest BCUT2D eigenvalue weighted by molar-refractivity contribution is 0.593. The molecule has 1 heterocycles. The normalized spacial score (nSPS) is 12.4. The summed E-state index contributed by atoms with van der Waals surface area (Å²) in [5.74, 6) is -1.19. The third kappa shape index (κ3) is 5.80. The van der Waals surface area contributed by atoms with Gasteiger partial charge in [0.25, 0.3) is 0 Å². The molecule has 0 aliphatic rings. The Kier molecular flexibility index (Phi) is 4.76. The van der Waals surface area contributed by atoms with Crippen molar-refractivity contribution in [1.82, 2.24) is 9.97 Å². The number of sulfone groups is 1. The molecule has 102 valence electrons. The van der Waals surface area contributed by atoms with E-state index in [4.69, 9.17) is 23.2 Å². The molecule has 0 aromatic carbocycles. The van der Waals surface area contributed by atoms with Crippen LogP contribution in [0.3, 0.4) is 0 Å². The number of sulfonamides is 1. The zero-order chi connectivity index (χ0) is 14.0. The highest BCUT2D eigenvalue weighted by Gasteiger charge is 2.15. The lowest BCUT2D eigenvalue weighted by atomic mass is 10.6. The van der Waals surface area contributed by atoms with Crippen LogP contribution in [0.15, 0.2) is 6.07 Å². The number of rotatable bonds is 5. The van der Waals surface area contributed by atoms with Crippen molar-refractivity contribution < 1.29 is 16.8 Å². The first-order chi connectivity index (χ1) is 8.07. The van der Waals surface area contributed by atoms with Crippen LogP contribution in [0.25, 0.3) is 0 Å². The summed E-state index contributed by atoms with van der Waals surface area (Å²) in [7, 11) is -7.21. The van der Waals surface area contributed by atoms with E-state index in [9.17, 15) is 16.8 Å². The second-order valence-corrected chi connectivity index (χ2v) is 8.22. The Morgan fingerprint density at radius 1 is 1.17 bits per heavy atom. The van der Waals surface area contributed by atoms with E-state index < -0.39 is 31.4 Å². The molecule has 0 bridgehead atoms. The average molecular weight is 334 g/mol. The van der Waals surface area contributed by atoms with Crippen molar-refractivity contribution in [2.24, 2.45) is 0 Å². The predicted molar refractivity (Wildman–Crippen MR) is 69.2 cm³/mol. The van der Waals surface area contributed by atoms with Crippen molar-refractivity contribution in [3.05, 3.63) is 16.5 Å². The molecule has 0 saturated carbocycles. The second-order valence-electron chi connectivity index (χ2n) is 3.40. The third-order valence-corrected chi connectivity index (χ3v) is 4.48. The average Bonchev–Trinajstić information content (AvgIpc) is 2.11. The van der Waals surface area contributed by atoms with E-state index in [1.165, 1.54) is 0 Å². The van der Waals surface area contributed by atoms with Crippen molar-refractivity contribution in [1.29, 1.82) is 0 Å². The van der Waals surface area contributed by atoms with Gasteiger partial charge < -0.3 is 0 Å². The number of anilines is 1. The van der Waals surface area contributed by atoms with E-state index in [1.54, 1.807) is 0 Å². The summed E-state index contributed by atoms with van der Waals surface area (Å²) < 4.78 is 46.9. The minimum absolute atomic E-state index is 0.0317. The molecule has 0 spiro atoms. The number of hydrogen-bond acceptors (Lipinski definition) is 6. The van der Waals surface area contributed by atoms with Crippen LogP contribution in [0.4, 0.5) is 5.82 Å². The number of halogens is 2. The van der Waals surface area contributed by atoms with Gasteiger partial charge in [-0.3, -0.25) is 4.72 Å². The van der Waals surface area contributed by atoms with E-state index in [0.29, 0.717) is 0 Å². The van der Waals surface area contributed by atoms with Crippen LogP contribution in [-0.4, -0.2) is 44.6 Å². The zero-order valence-electron chi connectivity index (χ0n) is 9.09. The first kappa shape index (κ1) is 15.4. The van der Waals surface area contributed by atoms with E-state index in [1.807, 2.05) is 0 Å². The third-order valence-electron chi connectivity index (χ3n) is 1.65. The number of nitrogens with one attached hydrogen (secondary N) is 1. The van der Waals surface area contributed by atoms with Crippen LogP contribution in [0.1, 0.15) is 0 Å². The summed E-state index contributed by atoms with van der Waals surface area (Å²) in [6, 6.07) is 1.16. The molecular formula is C7H9Cl2N3O4S2. The molecule has 0 aliphatic heterocycles. The molecule has 0 saturated heterocycles. The van der Waals surface area contributed by atoms with Crippen LogP contribution >= 0.6 is 23.2 Å². The van der Waals surface area contributed by atoms with E-state index in [2.05, 4.69) is 14.7 Å². The van der Waals surface area contributed by atoms with Crippen molar-refractivity contribution in [3.63, 3.8) is 0 Å². The highest BCUT2D eigenvalue weighted by Crippen LogP contribution is 2.15. The van der Waals surface area contributed by atoms with Crippen molar-refractivity contribution in [2.75, 3.05) is 22.5 Å². The van der Waals surface area contributed by atoms with Gasteiger partial charge in [0.15, 0.2) is 0 Å². The molecule has 0 atom stereocenters. The maximum Gasteiger partial charge on any atom is 0.234 e. The van der Waals surface area contributed by atoms with Gasteiger partial charge in [-0.15, -0.1) is 0 Å². The van der Waals surface area contributed by atoms with Gasteiger partial charge in [-0.2, -0.15) is 4.98 Å². The molecule has 1 N–H and O–H groups in total. The minimum Gasteiger partial charge on any atom is -0.267 e. The van der Waals surface area contributed by atoms with Gasteiger partial charge in [-0.25, -0.2) is 21.8 Å². The lowest BCUT2D eigenvalue weighted by Crippen LogP contribution is -2.23. The maximum absolute atomic E-state index is 11.5. The fraction of sp³-hybridized carbons (Fsp3) is 0.429. The fourth-order valence-electron chi connectivity index (χ4n) is 0.914. The molecule has 1 rings (SSSR count). The van der Waals surface area contributed by atoms with Crippen molar-refractivity contribution in [2.45, 2.75) is 0 Å². The number of aromatic nitrogens is 2. The highest BCUT2D eigenvalue weighted by atomic mass is 35.5. The summed E-state index contributed by atoms with van der Waals surface area (Å²) in [5, 5.41) is -0.251. The fourth-order valence-corrected chi connectivity index (χ4v) is 3.94. The van der Waals surface area contributed by atoms with E-state index >= 15 is 0 Å². The zero-order valence-corrected chi connectivity index (χ0v) is 12.2. The van der Waals surface area contributed by atoms with Gasteiger partial charge in [0, 0.05) is 12.3 Å². The SMILES string of the molecule is CS(=O)(=O)CCS(=O)(=O)Nc1cc(Cl)nc(Cl)n1. The van der Waals surface area contributed by atoms with Gasteiger partial charge in [-0.05, 0) is 11.6 Å². The molecule has 0 amide bonds. The molecule has 11 heteroatoms. The molecule has 0 unspecified atom stereocenters. The largest absolute Gasteiger partial charge is 0.267 e. The summed E-state index contributed by atoms with van der Waals surface area (Å²) in [6.07, 6.45) is 0.945. The molecule has 7 nitrogen and oxygen atoms in total. The first-order valence-corrected chi connectivity index (χ1v) is 8.92. The Morgan fingerprint density at radius 3 is 2.28 bits per heavy atom. The number of nitrogens with zero attached hydrogens (tertiary/aromatic N) is 2. The maximum atomic E-state index is 11.5. The summed E-state index contributed by atoms with van der Waals surface area (Å²) >= 11 is 11.1. The topological polar surface area (TPSA) is 106 Å². The smallest absolute Gasteiger partial charge is 0.234 e. The van der Waals surface area contributed by atoms with Crippen molar-refractivity contribution in [3.8, 4) is 0 Å². The van der Waals surface area contributed by atoms with Crippen molar-refractivity contribution >= 4 is 48.9 Å². The second kappa shape index (κ2) is 5.55. The Labute approximate surface area is 115 Å². The standard InChI is InChI=1S/C7H9Cl2N3O4S2/c1-17(13,14)2-3-18(15,16)12-6-4-5(8)10-7(9)11-6/h4H,2-3H2,1H3,(H,10,11,12). The van der Waals surface area contributed by atoms with Gasteiger partial charge in [-0.1, -0.05) is 11.6 Å². The minimum atomic E-state index is -3.84. The monoisotopic (exact) mass is 333 g/mol. The van der Waals surface area contributed by atoms with E-state index in [0.717, 1.165) is 12.3 Å². The Bertz CT molecular complexity index is 624. The van der Waals surface area contributed by atoms with Crippen LogP contribution in [0.5, 0.6) is 0 Å². The Hall–Kier alpha value is -0.640. The molecule has 0 radical (unpaired) electrons. The van der Waals surface area contributed by atoms with Gasteiger partial charge >= 0.3 is 0 Å². The lowest BCUT2D eigenvalue weighted by Gasteiger charge is -2.06. The Balaban J connectivity index is 2.83. The summed E-state index contributed by atoms with van der Waals surface area (Å²) in [4.78, 5) is 7.13. The molecular weight excluding hydrogens is 325 g/mol. The first-order valence-electron chi connectivity index (χ1n) is 4.46. The Morgan fingerprint density at radius 2 is 1.78 bits per heavy atom. The molecule has 1 aromatic heterocycles. The van der Waals surface area contributed by atoms with E-state index in [-0.39, 0.29) is 16.3 Å². The van der Waals surface area contributed by atoms with Crippen LogP contribution in [0, 0.1) is 0 Å². The quantitative estimate of drug-likeness (QED) is 0.623.